The summed E-state index contributed by atoms with van der Waals surface area (Å²) < 4.78 is 5.82. The second kappa shape index (κ2) is 8.30. The van der Waals surface area contributed by atoms with E-state index in [1.165, 1.54) is 11.1 Å². The van der Waals surface area contributed by atoms with E-state index in [1.807, 2.05) is 6.92 Å². The van der Waals surface area contributed by atoms with Crippen LogP contribution in [-0.4, -0.2) is 49.2 Å². The Morgan fingerprint density at radius 3 is 2.48 bits per heavy atom. The van der Waals surface area contributed by atoms with Gasteiger partial charge in [0.05, 0.1) is 12.2 Å². The molecule has 1 aromatic carbocycles. The molecule has 2 aliphatic heterocycles. The summed E-state index contributed by atoms with van der Waals surface area (Å²) in [4.78, 5) is 14.8. The fourth-order valence-electron chi connectivity index (χ4n) is 3.76. The molecular weight excluding hydrogens is 314 g/mol. The molecule has 2 heterocycles. The summed E-state index contributed by atoms with van der Waals surface area (Å²) in [5.74, 6) is 0.718. The number of nitrogens with one attached hydrogen (secondary N) is 2. The lowest BCUT2D eigenvalue weighted by atomic mass is 9.88. The number of amides is 1. The number of hydrogen-bond donors (Lipinski definition) is 2. The second-order valence-corrected chi connectivity index (χ2v) is 7.64. The summed E-state index contributed by atoms with van der Waals surface area (Å²) in [5, 5.41) is 6.37. The molecule has 3 atom stereocenters. The van der Waals surface area contributed by atoms with Crippen molar-refractivity contribution in [3.63, 3.8) is 0 Å². The van der Waals surface area contributed by atoms with Gasteiger partial charge in [0.1, 0.15) is 0 Å². The minimum atomic E-state index is 0.0781. The molecule has 3 rings (SSSR count). The number of carbonyl (C=O) groups is 1. The first kappa shape index (κ1) is 18.4. The van der Waals surface area contributed by atoms with Gasteiger partial charge in [0.2, 0.25) is 5.91 Å². The fourth-order valence-corrected chi connectivity index (χ4v) is 3.76. The lowest BCUT2D eigenvalue weighted by molar-refractivity contribution is -0.126. The van der Waals surface area contributed by atoms with Gasteiger partial charge in [-0.05, 0) is 44.0 Å². The van der Waals surface area contributed by atoms with Gasteiger partial charge in [-0.1, -0.05) is 31.2 Å². The molecule has 0 aliphatic carbocycles. The molecule has 1 amide bonds. The summed E-state index contributed by atoms with van der Waals surface area (Å²) in [7, 11) is 0. The van der Waals surface area contributed by atoms with Crippen molar-refractivity contribution < 1.29 is 9.53 Å². The van der Waals surface area contributed by atoms with Crippen LogP contribution in [0.1, 0.15) is 31.9 Å². The van der Waals surface area contributed by atoms with Crippen LogP contribution in [0.4, 0.5) is 0 Å². The van der Waals surface area contributed by atoms with E-state index in [1.54, 1.807) is 0 Å². The van der Waals surface area contributed by atoms with Gasteiger partial charge >= 0.3 is 0 Å². The average molecular weight is 345 g/mol. The number of morpholine rings is 1. The molecule has 5 nitrogen and oxygen atoms in total. The Balaban J connectivity index is 1.57. The predicted octanol–water partition coefficient (Wildman–Crippen LogP) is 1.77. The minimum Gasteiger partial charge on any atom is -0.373 e. The third kappa shape index (κ3) is 4.81. The van der Waals surface area contributed by atoms with Crippen LogP contribution in [0.3, 0.4) is 0 Å². The molecule has 0 saturated carbocycles. The highest BCUT2D eigenvalue weighted by atomic mass is 16.5. The average Bonchev–Trinajstić information content (AvgIpc) is 2.51. The maximum atomic E-state index is 12.4. The van der Waals surface area contributed by atoms with Crippen molar-refractivity contribution in [3.05, 3.63) is 35.4 Å². The Labute approximate surface area is 151 Å². The van der Waals surface area contributed by atoms with E-state index >= 15 is 0 Å². The molecule has 3 unspecified atom stereocenters. The number of benzene rings is 1. The summed E-state index contributed by atoms with van der Waals surface area (Å²) in [6.45, 7) is 11.6. The number of ether oxygens (including phenoxy) is 1. The largest absolute Gasteiger partial charge is 0.373 e. The minimum absolute atomic E-state index is 0.0781. The van der Waals surface area contributed by atoms with Gasteiger partial charge in [0.25, 0.3) is 0 Å². The molecule has 5 heteroatoms. The lowest BCUT2D eigenvalue weighted by Gasteiger charge is -2.35. The highest BCUT2D eigenvalue weighted by molar-refractivity contribution is 5.78. The van der Waals surface area contributed by atoms with Crippen molar-refractivity contribution in [1.29, 1.82) is 0 Å². The van der Waals surface area contributed by atoms with Crippen LogP contribution in [0.2, 0.25) is 0 Å². The second-order valence-electron chi connectivity index (χ2n) is 7.64. The number of carbonyl (C=O) groups excluding carboxylic acids is 1. The predicted molar refractivity (Wildman–Crippen MR) is 99.1 cm³/mol. The van der Waals surface area contributed by atoms with Crippen LogP contribution in [0.5, 0.6) is 0 Å². The maximum Gasteiger partial charge on any atom is 0.223 e. The SMILES string of the molecule is CC1CN(Cc2ccccc2CNC(=O)C(C)C2CNC2)CC(C)O1. The third-order valence-electron chi connectivity index (χ3n) is 5.39. The van der Waals surface area contributed by atoms with E-state index in [4.69, 9.17) is 4.74 Å². The monoisotopic (exact) mass is 345 g/mol. The molecule has 0 spiro atoms. The molecule has 0 radical (unpaired) electrons. The molecule has 2 saturated heterocycles. The summed E-state index contributed by atoms with van der Waals surface area (Å²) in [5.41, 5.74) is 2.50. The van der Waals surface area contributed by atoms with Crippen LogP contribution >= 0.6 is 0 Å². The van der Waals surface area contributed by atoms with E-state index in [2.05, 4.69) is 53.6 Å². The van der Waals surface area contributed by atoms with Crippen molar-refractivity contribution in [2.75, 3.05) is 26.2 Å². The van der Waals surface area contributed by atoms with Crippen molar-refractivity contribution in [2.24, 2.45) is 11.8 Å². The molecule has 2 aliphatic rings. The molecule has 0 aromatic heterocycles. The first-order valence-electron chi connectivity index (χ1n) is 9.46. The van der Waals surface area contributed by atoms with E-state index in [0.717, 1.165) is 32.7 Å². The first-order chi connectivity index (χ1) is 12.0. The molecule has 2 N–H and O–H groups in total. The third-order valence-corrected chi connectivity index (χ3v) is 5.39. The van der Waals surface area contributed by atoms with Gasteiger partial charge in [-0.25, -0.2) is 0 Å². The summed E-state index contributed by atoms with van der Waals surface area (Å²) >= 11 is 0. The summed E-state index contributed by atoms with van der Waals surface area (Å²) in [6, 6.07) is 8.43. The van der Waals surface area contributed by atoms with E-state index in [9.17, 15) is 4.79 Å². The Kier molecular flexibility index (Phi) is 6.10. The molecule has 2 fully saturated rings. The number of rotatable bonds is 6. The molecular formula is C20H31N3O2. The highest BCUT2D eigenvalue weighted by Gasteiger charge is 2.28. The van der Waals surface area contributed by atoms with Crippen molar-refractivity contribution in [1.82, 2.24) is 15.5 Å². The summed E-state index contributed by atoms with van der Waals surface area (Å²) in [6.07, 6.45) is 0.542. The van der Waals surface area contributed by atoms with Crippen LogP contribution in [0.25, 0.3) is 0 Å². The van der Waals surface area contributed by atoms with Crippen molar-refractivity contribution >= 4 is 5.91 Å². The quantitative estimate of drug-likeness (QED) is 0.825. The Bertz CT molecular complexity index is 578. The van der Waals surface area contributed by atoms with Crippen LogP contribution in [-0.2, 0) is 22.6 Å². The van der Waals surface area contributed by atoms with Gasteiger partial charge in [0, 0.05) is 32.1 Å². The van der Waals surface area contributed by atoms with Gasteiger partial charge in [0.15, 0.2) is 0 Å². The zero-order chi connectivity index (χ0) is 17.8. The van der Waals surface area contributed by atoms with Crippen LogP contribution in [0, 0.1) is 11.8 Å². The van der Waals surface area contributed by atoms with Gasteiger partial charge < -0.3 is 15.4 Å². The van der Waals surface area contributed by atoms with Gasteiger partial charge in [-0.3, -0.25) is 9.69 Å². The normalized spacial score (nSPS) is 26.0. The highest BCUT2D eigenvalue weighted by Crippen LogP contribution is 2.18. The Hall–Kier alpha value is -1.43. The number of hydrogen-bond acceptors (Lipinski definition) is 4. The zero-order valence-electron chi connectivity index (χ0n) is 15.6. The molecule has 1 aromatic rings. The van der Waals surface area contributed by atoms with Crippen LogP contribution in [0.15, 0.2) is 24.3 Å². The smallest absolute Gasteiger partial charge is 0.223 e. The van der Waals surface area contributed by atoms with Crippen molar-refractivity contribution in [3.8, 4) is 0 Å². The zero-order valence-corrected chi connectivity index (χ0v) is 15.6. The van der Waals surface area contributed by atoms with Crippen molar-refractivity contribution in [2.45, 2.75) is 46.1 Å². The van der Waals surface area contributed by atoms with E-state index < -0.39 is 0 Å². The Morgan fingerprint density at radius 1 is 1.24 bits per heavy atom. The van der Waals surface area contributed by atoms with E-state index in [0.29, 0.717) is 12.5 Å². The van der Waals surface area contributed by atoms with E-state index in [-0.39, 0.29) is 24.0 Å². The first-order valence-corrected chi connectivity index (χ1v) is 9.46. The standard InChI is InChI=1S/C20H31N3O2/c1-14-11-23(12-15(2)25-14)13-18-7-5-4-6-17(18)10-22-20(24)16(3)19-8-21-9-19/h4-7,14-16,19,21H,8-13H2,1-3H3,(H,22,24). The molecule has 138 valence electrons. The molecule has 25 heavy (non-hydrogen) atoms. The molecule has 0 bridgehead atoms. The van der Waals surface area contributed by atoms with Crippen LogP contribution < -0.4 is 10.6 Å². The topological polar surface area (TPSA) is 53.6 Å². The van der Waals surface area contributed by atoms with Gasteiger partial charge in [-0.15, -0.1) is 0 Å². The maximum absolute atomic E-state index is 12.4. The fraction of sp³-hybridized carbons (Fsp3) is 0.650. The Morgan fingerprint density at radius 2 is 1.88 bits per heavy atom. The van der Waals surface area contributed by atoms with Gasteiger partial charge in [-0.2, -0.15) is 0 Å². The lowest BCUT2D eigenvalue weighted by Crippen LogP contribution is -2.49. The number of nitrogens with zero attached hydrogens (tertiary/aromatic N) is 1.